The van der Waals surface area contributed by atoms with E-state index in [0.717, 1.165) is 15.6 Å². The number of halogens is 4. The molecule has 2 aromatic rings. The van der Waals surface area contributed by atoms with Gasteiger partial charge in [0, 0.05) is 13.1 Å². The number of benzene rings is 2. The van der Waals surface area contributed by atoms with Gasteiger partial charge in [0.15, 0.2) is 18.1 Å². The summed E-state index contributed by atoms with van der Waals surface area (Å²) in [6.07, 6.45) is -4.34. The quantitative estimate of drug-likeness (QED) is 0.581. The van der Waals surface area contributed by atoms with Gasteiger partial charge >= 0.3 is 6.18 Å². The van der Waals surface area contributed by atoms with Crippen molar-refractivity contribution in [2.24, 2.45) is 0 Å². The van der Waals surface area contributed by atoms with E-state index in [-0.39, 0.29) is 5.75 Å². The van der Waals surface area contributed by atoms with Crippen molar-refractivity contribution in [3.05, 3.63) is 52.0 Å². The van der Waals surface area contributed by atoms with Gasteiger partial charge in [-0.3, -0.25) is 0 Å². The van der Waals surface area contributed by atoms with Crippen molar-refractivity contribution in [3.63, 3.8) is 0 Å². The topological polar surface area (TPSA) is 39.7 Å². The first-order chi connectivity index (χ1) is 12.8. The summed E-state index contributed by atoms with van der Waals surface area (Å²) in [6.45, 7) is 2.30. The molecule has 0 spiro atoms. The van der Waals surface area contributed by atoms with Crippen LogP contribution in [0.5, 0.6) is 17.2 Å². The van der Waals surface area contributed by atoms with E-state index in [0.29, 0.717) is 31.2 Å². The summed E-state index contributed by atoms with van der Waals surface area (Å²) in [5.41, 5.74) is 1.95. The number of nitrogens with one attached hydrogen (secondary N) is 1. The molecular formula is C19H21BrF3NO3. The number of rotatable bonds is 9. The van der Waals surface area contributed by atoms with Crippen molar-refractivity contribution in [2.45, 2.75) is 26.2 Å². The van der Waals surface area contributed by atoms with E-state index >= 15 is 0 Å². The molecule has 0 saturated carbocycles. The summed E-state index contributed by atoms with van der Waals surface area (Å²) in [7, 11) is 1.59. The number of methoxy groups -OCH3 is 1. The van der Waals surface area contributed by atoms with Gasteiger partial charge in [0.05, 0.1) is 18.2 Å². The lowest BCUT2D eigenvalue weighted by atomic mass is 10.2. The Morgan fingerprint density at radius 2 is 1.67 bits per heavy atom. The van der Waals surface area contributed by atoms with Crippen LogP contribution in [0.1, 0.15) is 18.1 Å². The predicted molar refractivity (Wildman–Crippen MR) is 100 cm³/mol. The Morgan fingerprint density at radius 1 is 1.00 bits per heavy atom. The van der Waals surface area contributed by atoms with Gasteiger partial charge in [-0.25, -0.2) is 0 Å². The fraction of sp³-hybridized carbons (Fsp3) is 0.368. The van der Waals surface area contributed by atoms with Crippen molar-refractivity contribution >= 4 is 15.9 Å². The Morgan fingerprint density at radius 3 is 2.26 bits per heavy atom. The average Bonchev–Trinajstić information content (AvgIpc) is 2.61. The Labute approximate surface area is 164 Å². The molecule has 0 bridgehead atoms. The molecule has 2 aromatic carbocycles. The second kappa shape index (κ2) is 9.85. The molecule has 1 N–H and O–H groups in total. The van der Waals surface area contributed by atoms with Gasteiger partial charge in [0.2, 0.25) is 0 Å². The minimum atomic E-state index is -4.34. The normalized spacial score (nSPS) is 11.3. The average molecular weight is 448 g/mol. The van der Waals surface area contributed by atoms with Crippen LogP contribution in [0.4, 0.5) is 13.2 Å². The van der Waals surface area contributed by atoms with Crippen LogP contribution in [0, 0.1) is 0 Å². The van der Waals surface area contributed by atoms with Crippen LogP contribution in [0.3, 0.4) is 0 Å². The minimum absolute atomic E-state index is 0.191. The van der Waals surface area contributed by atoms with Crippen molar-refractivity contribution in [2.75, 3.05) is 20.3 Å². The summed E-state index contributed by atoms with van der Waals surface area (Å²) in [4.78, 5) is 0. The molecule has 148 valence electrons. The second-order valence-electron chi connectivity index (χ2n) is 5.69. The van der Waals surface area contributed by atoms with Crippen LogP contribution in [0.25, 0.3) is 0 Å². The standard InChI is InChI=1S/C19H21BrF3NO3/c1-3-26-17-9-14(8-16(20)18(17)25-2)11-24-10-13-4-6-15(7-5-13)27-12-19(21,22)23/h4-9,24H,3,10-12H2,1-2H3. The Balaban J connectivity index is 1.90. The molecule has 4 nitrogen and oxygen atoms in total. The van der Waals surface area contributed by atoms with Gasteiger partial charge in [-0.05, 0) is 58.2 Å². The Bertz CT molecular complexity index is 736. The highest BCUT2D eigenvalue weighted by Crippen LogP contribution is 2.36. The maximum atomic E-state index is 12.1. The molecule has 0 amide bonds. The zero-order chi connectivity index (χ0) is 19.9. The Kier molecular flexibility index (Phi) is 7.79. The van der Waals surface area contributed by atoms with Gasteiger partial charge in [0.1, 0.15) is 5.75 Å². The molecule has 0 aliphatic carbocycles. The molecule has 0 aromatic heterocycles. The van der Waals surface area contributed by atoms with E-state index in [1.165, 1.54) is 12.1 Å². The molecular weight excluding hydrogens is 427 g/mol. The lowest BCUT2D eigenvalue weighted by molar-refractivity contribution is -0.153. The van der Waals surface area contributed by atoms with Crippen LogP contribution in [-0.4, -0.2) is 26.5 Å². The first-order valence-corrected chi connectivity index (χ1v) is 9.10. The zero-order valence-electron chi connectivity index (χ0n) is 15.0. The van der Waals surface area contributed by atoms with Crippen molar-refractivity contribution in [1.82, 2.24) is 5.32 Å². The maximum absolute atomic E-state index is 12.1. The zero-order valence-corrected chi connectivity index (χ0v) is 16.6. The molecule has 0 heterocycles. The molecule has 0 unspecified atom stereocenters. The van der Waals surface area contributed by atoms with Crippen LogP contribution >= 0.6 is 15.9 Å². The summed E-state index contributed by atoms with van der Waals surface area (Å²) in [6, 6.07) is 10.4. The number of ether oxygens (including phenoxy) is 3. The van der Waals surface area contributed by atoms with E-state index in [9.17, 15) is 13.2 Å². The van der Waals surface area contributed by atoms with Gasteiger partial charge in [-0.1, -0.05) is 12.1 Å². The summed E-state index contributed by atoms with van der Waals surface area (Å²) in [5, 5.41) is 3.29. The van der Waals surface area contributed by atoms with Crippen LogP contribution in [-0.2, 0) is 13.1 Å². The lowest BCUT2D eigenvalue weighted by Gasteiger charge is -2.14. The maximum Gasteiger partial charge on any atom is 0.422 e. The number of alkyl halides is 3. The molecule has 0 saturated heterocycles. The number of hydrogen-bond acceptors (Lipinski definition) is 4. The van der Waals surface area contributed by atoms with Crippen LogP contribution < -0.4 is 19.5 Å². The highest BCUT2D eigenvalue weighted by molar-refractivity contribution is 9.10. The summed E-state index contributed by atoms with van der Waals surface area (Å²) < 4.78 is 52.9. The molecule has 0 aliphatic heterocycles. The van der Waals surface area contributed by atoms with Gasteiger partial charge in [-0.2, -0.15) is 13.2 Å². The molecule has 0 fully saturated rings. The minimum Gasteiger partial charge on any atom is -0.492 e. The summed E-state index contributed by atoms with van der Waals surface area (Å²) >= 11 is 3.47. The molecule has 0 atom stereocenters. The Hall–Kier alpha value is -1.93. The fourth-order valence-corrected chi connectivity index (χ4v) is 3.06. The molecule has 0 aliphatic rings. The third kappa shape index (κ3) is 6.95. The van der Waals surface area contributed by atoms with Crippen molar-refractivity contribution in [1.29, 1.82) is 0 Å². The molecule has 27 heavy (non-hydrogen) atoms. The third-order valence-corrected chi connectivity index (χ3v) is 4.15. The van der Waals surface area contributed by atoms with E-state index < -0.39 is 12.8 Å². The second-order valence-corrected chi connectivity index (χ2v) is 6.55. The largest absolute Gasteiger partial charge is 0.492 e. The number of hydrogen-bond donors (Lipinski definition) is 1. The van der Waals surface area contributed by atoms with Crippen LogP contribution in [0.2, 0.25) is 0 Å². The smallest absolute Gasteiger partial charge is 0.422 e. The lowest BCUT2D eigenvalue weighted by Crippen LogP contribution is -2.19. The van der Waals surface area contributed by atoms with E-state index in [1.807, 2.05) is 19.1 Å². The third-order valence-electron chi connectivity index (χ3n) is 3.56. The molecule has 8 heteroatoms. The highest BCUT2D eigenvalue weighted by Gasteiger charge is 2.28. The first kappa shape index (κ1) is 21.4. The van der Waals surface area contributed by atoms with Gasteiger partial charge in [0.25, 0.3) is 0 Å². The van der Waals surface area contributed by atoms with Crippen LogP contribution in [0.15, 0.2) is 40.9 Å². The molecule has 2 rings (SSSR count). The van der Waals surface area contributed by atoms with Crippen molar-refractivity contribution in [3.8, 4) is 17.2 Å². The van der Waals surface area contributed by atoms with E-state index in [2.05, 4.69) is 21.2 Å². The first-order valence-electron chi connectivity index (χ1n) is 8.30. The summed E-state index contributed by atoms with van der Waals surface area (Å²) in [5.74, 6) is 1.50. The highest BCUT2D eigenvalue weighted by atomic mass is 79.9. The van der Waals surface area contributed by atoms with Gasteiger partial charge in [-0.15, -0.1) is 0 Å². The molecule has 0 radical (unpaired) electrons. The van der Waals surface area contributed by atoms with Crippen molar-refractivity contribution < 1.29 is 27.4 Å². The monoisotopic (exact) mass is 447 g/mol. The SMILES string of the molecule is CCOc1cc(CNCc2ccc(OCC(F)(F)F)cc2)cc(Br)c1OC. The van der Waals surface area contributed by atoms with Gasteiger partial charge < -0.3 is 19.5 Å². The predicted octanol–water partition coefficient (Wildman–Crippen LogP) is 5.09. The fourth-order valence-electron chi connectivity index (χ4n) is 2.40. The van der Waals surface area contributed by atoms with E-state index in [4.69, 9.17) is 14.2 Å². The van der Waals surface area contributed by atoms with E-state index in [1.54, 1.807) is 19.2 Å².